The van der Waals surface area contributed by atoms with E-state index in [1.165, 1.54) is 141 Å². The number of amides is 1. The van der Waals surface area contributed by atoms with Gasteiger partial charge in [-0.1, -0.05) is 289 Å². The highest BCUT2D eigenvalue weighted by Crippen LogP contribution is 2.38. The maximum atomic E-state index is 13.0. The van der Waals surface area contributed by atoms with Crippen molar-refractivity contribution in [3.63, 3.8) is 0 Å². The van der Waals surface area contributed by atoms with Crippen molar-refractivity contribution in [1.29, 1.82) is 0 Å². The summed E-state index contributed by atoms with van der Waals surface area (Å²) in [7, 11) is 1.21. The molecule has 0 heterocycles. The Morgan fingerprint density at radius 2 is 0.756 bits per heavy atom. The van der Waals surface area contributed by atoms with Crippen molar-refractivity contribution in [2.24, 2.45) is 0 Å². The van der Waals surface area contributed by atoms with Gasteiger partial charge in [-0.2, -0.15) is 0 Å². The number of allylic oxidation sites excluding steroid dienone is 21. The number of hydrogen-bond acceptors (Lipinski definition) is 6. The molecule has 82 heavy (non-hydrogen) atoms. The van der Waals surface area contributed by atoms with Crippen molar-refractivity contribution in [3.8, 4) is 0 Å². The minimum absolute atomic E-state index is 0.0176. The van der Waals surface area contributed by atoms with E-state index in [0.29, 0.717) is 17.4 Å². The molecule has 9 heteroatoms. The largest absolute Gasteiger partial charge is 0.756 e. The number of hydrogen-bond donors (Lipinski definition) is 2. The van der Waals surface area contributed by atoms with Gasteiger partial charge in [-0.25, -0.2) is 0 Å². The molecule has 0 aromatic rings. The number of unbranched alkanes of at least 4 members (excludes halogenated alkanes) is 27. The summed E-state index contributed by atoms with van der Waals surface area (Å²) in [6.45, 7) is 4.51. The fourth-order valence-electron chi connectivity index (χ4n) is 9.14. The van der Waals surface area contributed by atoms with Gasteiger partial charge in [0.25, 0.3) is 7.82 Å². The molecule has 2 N–H and O–H groups in total. The minimum atomic E-state index is -4.63. The predicted octanol–water partition coefficient (Wildman–Crippen LogP) is 20.8. The van der Waals surface area contributed by atoms with E-state index in [4.69, 9.17) is 9.05 Å². The Balaban J connectivity index is 4.25. The number of quaternary nitrogens is 1. The summed E-state index contributed by atoms with van der Waals surface area (Å²) in [5, 5.41) is 13.9. The van der Waals surface area contributed by atoms with Crippen LogP contribution in [0.1, 0.15) is 271 Å². The molecule has 0 saturated heterocycles. The molecule has 1 amide bonds. The predicted molar refractivity (Wildman–Crippen MR) is 357 cm³/mol. The van der Waals surface area contributed by atoms with Crippen LogP contribution >= 0.6 is 7.82 Å². The molecular formula is C73H127N2O6P. The summed E-state index contributed by atoms with van der Waals surface area (Å²) >= 11 is 0. The van der Waals surface area contributed by atoms with Crippen LogP contribution in [-0.2, 0) is 18.4 Å². The number of rotatable bonds is 60. The lowest BCUT2D eigenvalue weighted by Crippen LogP contribution is -2.45. The van der Waals surface area contributed by atoms with Gasteiger partial charge in [0.05, 0.1) is 39.9 Å². The summed E-state index contributed by atoms with van der Waals surface area (Å²) < 4.78 is 23.4. The zero-order chi connectivity index (χ0) is 59.8. The Labute approximate surface area is 506 Å². The van der Waals surface area contributed by atoms with Crippen LogP contribution in [0.15, 0.2) is 134 Å². The van der Waals surface area contributed by atoms with E-state index < -0.39 is 26.6 Å². The third-order valence-corrected chi connectivity index (χ3v) is 15.3. The molecule has 0 aromatic heterocycles. The van der Waals surface area contributed by atoms with Crippen LogP contribution in [0.3, 0.4) is 0 Å². The van der Waals surface area contributed by atoms with Crippen molar-refractivity contribution < 1.29 is 32.9 Å². The first kappa shape index (κ1) is 78.6. The van der Waals surface area contributed by atoms with E-state index in [0.717, 1.165) is 109 Å². The summed E-state index contributed by atoms with van der Waals surface area (Å²) in [5.74, 6) is -0.224. The molecule has 0 aromatic carbocycles. The number of carbonyl (C=O) groups excluding carboxylic acids is 1. The van der Waals surface area contributed by atoms with E-state index in [1.807, 2.05) is 27.2 Å². The molecule has 8 nitrogen and oxygen atoms in total. The Kier molecular flexibility index (Phi) is 59.6. The maximum absolute atomic E-state index is 13.0. The lowest BCUT2D eigenvalue weighted by Gasteiger charge is -2.29. The molecule has 470 valence electrons. The molecule has 0 aliphatic carbocycles. The fourth-order valence-corrected chi connectivity index (χ4v) is 9.87. The Morgan fingerprint density at radius 1 is 0.439 bits per heavy atom. The first-order chi connectivity index (χ1) is 40.0. The van der Waals surface area contributed by atoms with Crippen molar-refractivity contribution in [2.45, 2.75) is 283 Å². The molecule has 0 rings (SSSR count). The third-order valence-electron chi connectivity index (χ3n) is 14.3. The standard InChI is InChI=1S/C73H127N2O6P/c1-6-8-10-12-14-16-18-20-22-24-26-28-30-32-34-35-36-37-38-39-41-43-45-47-49-51-53-55-57-59-61-63-65-67-73(77)74-71(70-81-82(78,79)80-69-68-75(3,4)5)72(76)66-64-62-60-58-56-54-52-50-48-46-44-42-40-33-31-29-27-25-23-21-19-17-15-13-11-9-7-2/h8,10,14,16,20,22,26,28,32,34,36-37,39,41,45,47-48,50,56,58,64,66,71-72,76H,6-7,9,11-13,15,17-19,21,23-25,27,29-31,33,35,38,40,42-44,46,49,51-55,57,59-63,65,67-70H2,1-5H3,(H-,74,77,78,79)/b10-8-,16-14-,22-20-,28-26-,34-32-,37-36-,41-39-,47-45-,50-48+,58-56+,66-64+. The van der Waals surface area contributed by atoms with Crippen molar-refractivity contribution >= 4 is 13.7 Å². The lowest BCUT2D eigenvalue weighted by atomic mass is 10.0. The monoisotopic (exact) mass is 1160 g/mol. The molecule has 0 aliphatic heterocycles. The Bertz CT molecular complexity index is 1800. The van der Waals surface area contributed by atoms with Gasteiger partial charge in [0.1, 0.15) is 13.2 Å². The highest BCUT2D eigenvalue weighted by atomic mass is 31.2. The summed E-state index contributed by atoms with van der Waals surface area (Å²) in [5.41, 5.74) is 0. The lowest BCUT2D eigenvalue weighted by molar-refractivity contribution is -0.870. The van der Waals surface area contributed by atoms with Gasteiger partial charge in [-0.3, -0.25) is 9.36 Å². The highest BCUT2D eigenvalue weighted by molar-refractivity contribution is 7.45. The van der Waals surface area contributed by atoms with Crippen LogP contribution in [-0.4, -0.2) is 68.5 Å². The molecular weight excluding hydrogens is 1030 g/mol. The second-order valence-corrected chi connectivity index (χ2v) is 24.8. The van der Waals surface area contributed by atoms with Crippen molar-refractivity contribution in [3.05, 3.63) is 134 Å². The number of phosphoric acid groups is 1. The van der Waals surface area contributed by atoms with Crippen LogP contribution in [0, 0.1) is 0 Å². The van der Waals surface area contributed by atoms with Gasteiger partial charge in [-0.15, -0.1) is 0 Å². The number of nitrogens with zero attached hydrogens (tertiary/aromatic N) is 1. The first-order valence-electron chi connectivity index (χ1n) is 33.5. The topological polar surface area (TPSA) is 108 Å². The summed E-state index contributed by atoms with van der Waals surface area (Å²) in [4.78, 5) is 25.6. The molecule has 0 saturated carbocycles. The SMILES string of the molecule is CC/C=C\C/C=C\C/C=C\C/C=C\C/C=C\C/C=C\C/C=C\C/C=C\CCCCCCCCCCC(=O)NC(COP(=O)([O-])OCC[N+](C)(C)C)C(O)/C=C/CC/C=C/CC/C=C/CCCCCCCCCCCCCCCCCCC. The van der Waals surface area contributed by atoms with Crippen molar-refractivity contribution in [2.75, 3.05) is 40.9 Å². The van der Waals surface area contributed by atoms with Crippen LogP contribution < -0.4 is 10.2 Å². The van der Waals surface area contributed by atoms with Crippen LogP contribution in [0.4, 0.5) is 0 Å². The fraction of sp³-hybridized carbons (Fsp3) is 0.685. The number of aliphatic hydroxyl groups excluding tert-OH is 1. The normalized spacial score (nSPS) is 14.6. The minimum Gasteiger partial charge on any atom is -0.756 e. The Morgan fingerprint density at radius 3 is 1.13 bits per heavy atom. The number of likely N-dealkylation sites (N-methyl/N-ethyl adjacent to an activating group) is 1. The van der Waals surface area contributed by atoms with E-state index in [2.05, 4.69) is 141 Å². The first-order valence-corrected chi connectivity index (χ1v) is 35.0. The maximum Gasteiger partial charge on any atom is 0.268 e. The Hall–Kier alpha value is -3.36. The summed E-state index contributed by atoms with van der Waals surface area (Å²) in [6, 6.07) is -0.926. The van der Waals surface area contributed by atoms with Gasteiger partial charge in [0.2, 0.25) is 5.91 Å². The van der Waals surface area contributed by atoms with E-state index in [-0.39, 0.29) is 12.5 Å². The van der Waals surface area contributed by atoms with E-state index in [9.17, 15) is 19.4 Å². The van der Waals surface area contributed by atoms with Crippen LogP contribution in [0.5, 0.6) is 0 Å². The molecule has 0 radical (unpaired) electrons. The smallest absolute Gasteiger partial charge is 0.268 e. The highest BCUT2D eigenvalue weighted by Gasteiger charge is 2.23. The summed E-state index contributed by atoms with van der Waals surface area (Å²) in [6.07, 6.45) is 94.2. The van der Waals surface area contributed by atoms with Crippen molar-refractivity contribution in [1.82, 2.24) is 5.32 Å². The van der Waals surface area contributed by atoms with E-state index in [1.54, 1.807) is 6.08 Å². The quantitative estimate of drug-likeness (QED) is 0.0272. The van der Waals surface area contributed by atoms with Gasteiger partial charge < -0.3 is 28.8 Å². The third kappa shape index (κ3) is 64.2. The molecule has 3 atom stereocenters. The zero-order valence-electron chi connectivity index (χ0n) is 53.6. The second kappa shape index (κ2) is 62.2. The van der Waals surface area contributed by atoms with Crippen LogP contribution in [0.25, 0.3) is 0 Å². The number of aliphatic hydroxyl groups is 1. The average Bonchev–Trinajstić information content (AvgIpc) is 3.47. The second-order valence-electron chi connectivity index (χ2n) is 23.4. The molecule has 0 fully saturated rings. The molecule has 0 bridgehead atoms. The molecule has 3 unspecified atom stereocenters. The molecule has 0 aliphatic rings. The van der Waals surface area contributed by atoms with Gasteiger partial charge in [-0.05, 0) is 109 Å². The number of carbonyl (C=O) groups is 1. The van der Waals surface area contributed by atoms with Gasteiger partial charge in [0, 0.05) is 6.42 Å². The molecule has 0 spiro atoms. The number of nitrogens with one attached hydrogen (secondary N) is 1. The van der Waals surface area contributed by atoms with Gasteiger partial charge in [0.15, 0.2) is 0 Å². The van der Waals surface area contributed by atoms with Crippen LogP contribution in [0.2, 0.25) is 0 Å². The van der Waals surface area contributed by atoms with E-state index >= 15 is 0 Å². The average molecular weight is 1160 g/mol. The zero-order valence-corrected chi connectivity index (χ0v) is 54.5. The van der Waals surface area contributed by atoms with Gasteiger partial charge >= 0.3 is 0 Å². The number of phosphoric ester groups is 1.